The van der Waals surface area contributed by atoms with Crippen molar-refractivity contribution in [3.8, 4) is 0 Å². The fourth-order valence-electron chi connectivity index (χ4n) is 1.53. The van der Waals surface area contributed by atoms with Gasteiger partial charge in [-0.2, -0.15) is 0 Å². The minimum absolute atomic E-state index is 0.761. The second-order valence-corrected chi connectivity index (χ2v) is 3.27. The summed E-state index contributed by atoms with van der Waals surface area (Å²) >= 11 is 0. The van der Waals surface area contributed by atoms with Crippen LogP contribution in [0.2, 0.25) is 0 Å². The number of hydrogen-bond acceptors (Lipinski definition) is 2. The number of hydrogen-bond donors (Lipinski definition) is 0. The second-order valence-electron chi connectivity index (χ2n) is 3.27. The maximum Gasteiger partial charge on any atom is 0.166 e. The molecule has 1 rings (SSSR count). The first kappa shape index (κ1) is 11.0. The van der Waals surface area contributed by atoms with Crippen LogP contribution < -0.4 is 0 Å². The third-order valence-corrected chi connectivity index (χ3v) is 2.54. The van der Waals surface area contributed by atoms with E-state index in [-0.39, 0.29) is 0 Å². The molecule has 1 aromatic heterocycles. The van der Waals surface area contributed by atoms with Gasteiger partial charge in [-0.1, -0.05) is 13.8 Å². The third kappa shape index (κ3) is 2.70. The lowest BCUT2D eigenvalue weighted by Gasteiger charge is -2.18. The van der Waals surface area contributed by atoms with Crippen molar-refractivity contribution in [1.29, 1.82) is 0 Å². The van der Waals surface area contributed by atoms with Gasteiger partial charge in [0.2, 0.25) is 0 Å². The van der Waals surface area contributed by atoms with Crippen molar-refractivity contribution in [2.75, 3.05) is 19.6 Å². The van der Waals surface area contributed by atoms with E-state index in [1.807, 2.05) is 22.9 Å². The van der Waals surface area contributed by atoms with Gasteiger partial charge in [0.15, 0.2) is 6.29 Å². The molecule has 78 valence electrons. The minimum atomic E-state index is 0.761. The molecule has 0 atom stereocenters. The molecule has 0 saturated carbocycles. The fourth-order valence-corrected chi connectivity index (χ4v) is 1.53. The Bertz CT molecular complexity index is 277. The summed E-state index contributed by atoms with van der Waals surface area (Å²) in [5.41, 5.74) is 0.761. The quantitative estimate of drug-likeness (QED) is 0.643. The van der Waals surface area contributed by atoms with E-state index in [0.29, 0.717) is 0 Å². The standard InChI is InChI=1S/C11H18N2O/c1-3-12(4-2)8-9-13-7-5-6-11(13)10-14/h5-7,10H,3-4,8-9H2,1-2H3. The van der Waals surface area contributed by atoms with Crippen molar-refractivity contribution in [2.24, 2.45) is 0 Å². The van der Waals surface area contributed by atoms with Gasteiger partial charge >= 0.3 is 0 Å². The lowest BCUT2D eigenvalue weighted by molar-refractivity contribution is 0.111. The summed E-state index contributed by atoms with van der Waals surface area (Å²) in [6, 6.07) is 3.75. The molecule has 0 amide bonds. The van der Waals surface area contributed by atoms with E-state index in [1.54, 1.807) is 0 Å². The number of nitrogens with zero attached hydrogens (tertiary/aromatic N) is 2. The van der Waals surface area contributed by atoms with Crippen LogP contribution in [0.5, 0.6) is 0 Å². The van der Waals surface area contributed by atoms with E-state index >= 15 is 0 Å². The maximum atomic E-state index is 10.6. The average Bonchev–Trinajstić information content (AvgIpc) is 2.67. The summed E-state index contributed by atoms with van der Waals surface area (Å²) in [4.78, 5) is 13.0. The molecule has 0 radical (unpaired) electrons. The van der Waals surface area contributed by atoms with Gasteiger partial charge in [-0.05, 0) is 25.2 Å². The Labute approximate surface area is 85.3 Å². The highest BCUT2D eigenvalue weighted by Crippen LogP contribution is 1.99. The maximum absolute atomic E-state index is 10.6. The van der Waals surface area contributed by atoms with E-state index in [4.69, 9.17) is 0 Å². The van der Waals surface area contributed by atoms with Crippen LogP contribution in [-0.4, -0.2) is 35.4 Å². The molecule has 3 nitrogen and oxygen atoms in total. The van der Waals surface area contributed by atoms with Crippen molar-refractivity contribution >= 4 is 6.29 Å². The number of aldehydes is 1. The Morgan fingerprint density at radius 2 is 2.14 bits per heavy atom. The van der Waals surface area contributed by atoms with Gasteiger partial charge in [0, 0.05) is 19.3 Å². The number of rotatable bonds is 6. The molecule has 1 aromatic rings. The van der Waals surface area contributed by atoms with Crippen LogP contribution in [0, 0.1) is 0 Å². The molecule has 3 heteroatoms. The summed E-state index contributed by atoms with van der Waals surface area (Å²) in [6.07, 6.45) is 2.86. The van der Waals surface area contributed by atoms with E-state index in [1.165, 1.54) is 0 Å². The Hall–Kier alpha value is -1.09. The van der Waals surface area contributed by atoms with Crippen molar-refractivity contribution < 1.29 is 4.79 Å². The topological polar surface area (TPSA) is 25.2 Å². The van der Waals surface area contributed by atoms with Crippen LogP contribution in [-0.2, 0) is 6.54 Å². The first-order valence-corrected chi connectivity index (χ1v) is 5.14. The molecule has 0 bridgehead atoms. The lowest BCUT2D eigenvalue weighted by atomic mass is 10.4. The molecule has 0 aliphatic carbocycles. The number of carbonyl (C=O) groups is 1. The van der Waals surface area contributed by atoms with Crippen molar-refractivity contribution in [3.63, 3.8) is 0 Å². The molecule has 1 heterocycles. The molecule has 0 aliphatic rings. The molecule has 0 fully saturated rings. The smallest absolute Gasteiger partial charge is 0.166 e. The van der Waals surface area contributed by atoms with Gasteiger partial charge in [0.25, 0.3) is 0 Å². The minimum Gasteiger partial charge on any atom is -0.344 e. The summed E-state index contributed by atoms with van der Waals surface area (Å²) in [5.74, 6) is 0. The van der Waals surface area contributed by atoms with Gasteiger partial charge < -0.3 is 9.47 Å². The lowest BCUT2D eigenvalue weighted by Crippen LogP contribution is -2.27. The van der Waals surface area contributed by atoms with E-state index in [0.717, 1.165) is 38.2 Å². The monoisotopic (exact) mass is 194 g/mol. The zero-order valence-corrected chi connectivity index (χ0v) is 8.94. The van der Waals surface area contributed by atoms with Crippen molar-refractivity contribution in [2.45, 2.75) is 20.4 Å². The van der Waals surface area contributed by atoms with Gasteiger partial charge in [0.1, 0.15) is 0 Å². The Balaban J connectivity index is 2.48. The summed E-state index contributed by atoms with van der Waals surface area (Å²) in [6.45, 7) is 8.33. The summed E-state index contributed by atoms with van der Waals surface area (Å²) in [5, 5.41) is 0. The normalized spacial score (nSPS) is 10.8. The average molecular weight is 194 g/mol. The van der Waals surface area contributed by atoms with E-state index < -0.39 is 0 Å². The molecule has 0 spiro atoms. The molecule has 0 unspecified atom stereocenters. The van der Waals surface area contributed by atoms with Gasteiger partial charge in [0.05, 0.1) is 5.69 Å². The van der Waals surface area contributed by atoms with Gasteiger partial charge in [-0.25, -0.2) is 0 Å². The molecule has 0 aliphatic heterocycles. The predicted molar refractivity (Wildman–Crippen MR) is 57.6 cm³/mol. The predicted octanol–water partition coefficient (Wildman–Crippen LogP) is 1.64. The van der Waals surface area contributed by atoms with Crippen LogP contribution in [0.25, 0.3) is 0 Å². The van der Waals surface area contributed by atoms with Crippen LogP contribution >= 0.6 is 0 Å². The van der Waals surface area contributed by atoms with Crippen molar-refractivity contribution in [3.05, 3.63) is 24.0 Å². The molecule has 0 N–H and O–H groups in total. The molecular formula is C11H18N2O. The zero-order chi connectivity index (χ0) is 10.4. The molecule has 0 aromatic carbocycles. The first-order valence-electron chi connectivity index (χ1n) is 5.14. The van der Waals surface area contributed by atoms with Crippen LogP contribution in [0.3, 0.4) is 0 Å². The Morgan fingerprint density at radius 3 is 2.71 bits per heavy atom. The van der Waals surface area contributed by atoms with Crippen LogP contribution in [0.15, 0.2) is 18.3 Å². The summed E-state index contributed by atoms with van der Waals surface area (Å²) in [7, 11) is 0. The number of aromatic nitrogens is 1. The second kappa shape index (κ2) is 5.60. The van der Waals surface area contributed by atoms with Gasteiger partial charge in [-0.3, -0.25) is 4.79 Å². The number of carbonyl (C=O) groups excluding carboxylic acids is 1. The number of likely N-dealkylation sites (N-methyl/N-ethyl adjacent to an activating group) is 1. The Kier molecular flexibility index (Phi) is 4.40. The first-order chi connectivity index (χ1) is 6.81. The summed E-state index contributed by atoms with van der Waals surface area (Å²) < 4.78 is 1.99. The van der Waals surface area contributed by atoms with E-state index in [9.17, 15) is 4.79 Å². The largest absolute Gasteiger partial charge is 0.344 e. The van der Waals surface area contributed by atoms with Gasteiger partial charge in [-0.15, -0.1) is 0 Å². The van der Waals surface area contributed by atoms with Crippen LogP contribution in [0.4, 0.5) is 0 Å². The molecule has 0 saturated heterocycles. The molecular weight excluding hydrogens is 176 g/mol. The highest BCUT2D eigenvalue weighted by molar-refractivity contribution is 5.72. The Morgan fingerprint density at radius 1 is 1.43 bits per heavy atom. The van der Waals surface area contributed by atoms with Crippen LogP contribution in [0.1, 0.15) is 24.3 Å². The third-order valence-electron chi connectivity index (χ3n) is 2.54. The zero-order valence-electron chi connectivity index (χ0n) is 8.94. The highest BCUT2D eigenvalue weighted by Gasteiger charge is 2.01. The van der Waals surface area contributed by atoms with Crippen molar-refractivity contribution in [1.82, 2.24) is 9.47 Å². The van der Waals surface area contributed by atoms with E-state index in [2.05, 4.69) is 18.7 Å². The fraction of sp³-hybridized carbons (Fsp3) is 0.545. The molecule has 14 heavy (non-hydrogen) atoms. The SMILES string of the molecule is CCN(CC)CCn1cccc1C=O. The highest BCUT2D eigenvalue weighted by atomic mass is 16.1.